The second-order valence-corrected chi connectivity index (χ2v) is 4.11. The van der Waals surface area contributed by atoms with Gasteiger partial charge in [-0.1, -0.05) is 38.3 Å². The molecule has 1 aromatic carbocycles. The van der Waals surface area contributed by atoms with Crippen molar-refractivity contribution in [2.45, 2.75) is 45.6 Å². The van der Waals surface area contributed by atoms with Crippen LogP contribution in [0, 0.1) is 12.7 Å². The van der Waals surface area contributed by atoms with Gasteiger partial charge in [-0.2, -0.15) is 0 Å². The van der Waals surface area contributed by atoms with E-state index in [1.165, 1.54) is 18.9 Å². The molecule has 0 heterocycles. The van der Waals surface area contributed by atoms with Gasteiger partial charge >= 0.3 is 0 Å². The number of halogens is 2. The molecule has 0 radical (unpaired) electrons. The Morgan fingerprint density at radius 3 is 2.56 bits per heavy atom. The first kappa shape index (κ1) is 15.4. The van der Waals surface area contributed by atoms with Crippen LogP contribution in [0.15, 0.2) is 18.2 Å². The molecule has 1 aromatic rings. The largest absolute Gasteiger partial charge is 0.324 e. The summed E-state index contributed by atoms with van der Waals surface area (Å²) in [6.07, 6.45) is 4.55. The van der Waals surface area contributed by atoms with E-state index in [1.54, 1.807) is 13.0 Å². The maximum absolute atomic E-state index is 13.0. The van der Waals surface area contributed by atoms with Gasteiger partial charge in [0, 0.05) is 6.04 Å². The van der Waals surface area contributed by atoms with Crippen LogP contribution in [0.2, 0.25) is 0 Å². The van der Waals surface area contributed by atoms with E-state index in [1.807, 2.05) is 6.07 Å². The van der Waals surface area contributed by atoms with Gasteiger partial charge in [0.25, 0.3) is 0 Å². The third kappa shape index (κ3) is 4.50. The van der Waals surface area contributed by atoms with Gasteiger partial charge in [-0.3, -0.25) is 0 Å². The van der Waals surface area contributed by atoms with E-state index in [0.717, 1.165) is 18.4 Å². The number of nitrogens with two attached hydrogens (primary N) is 1. The topological polar surface area (TPSA) is 26.0 Å². The molecule has 0 aromatic heterocycles. The number of aryl methyl sites for hydroxylation is 1. The van der Waals surface area contributed by atoms with Crippen molar-refractivity contribution in [2.24, 2.45) is 5.73 Å². The first-order chi connectivity index (χ1) is 7.15. The molecule has 0 saturated heterocycles. The van der Waals surface area contributed by atoms with E-state index < -0.39 is 0 Å². The van der Waals surface area contributed by atoms with Crippen LogP contribution in [0.4, 0.5) is 4.39 Å². The Bertz CT molecular complexity index is 315. The van der Waals surface area contributed by atoms with Crippen LogP contribution in [-0.4, -0.2) is 0 Å². The molecule has 0 saturated carbocycles. The minimum atomic E-state index is -0.153. The molecule has 16 heavy (non-hydrogen) atoms. The van der Waals surface area contributed by atoms with Crippen LogP contribution < -0.4 is 5.73 Å². The number of hydrogen-bond donors (Lipinski definition) is 1. The molecule has 1 nitrogen and oxygen atoms in total. The highest BCUT2D eigenvalue weighted by molar-refractivity contribution is 5.85. The Morgan fingerprint density at radius 1 is 1.31 bits per heavy atom. The first-order valence-corrected chi connectivity index (χ1v) is 5.66. The second kappa shape index (κ2) is 7.64. The van der Waals surface area contributed by atoms with Gasteiger partial charge in [0.05, 0.1) is 0 Å². The van der Waals surface area contributed by atoms with Crippen LogP contribution in [0.1, 0.15) is 49.8 Å². The molecule has 0 aliphatic heterocycles. The predicted octanol–water partition coefficient (Wildman–Crippen LogP) is 4.14. The number of hydrogen-bond acceptors (Lipinski definition) is 1. The molecule has 2 N–H and O–H groups in total. The molecular formula is C13H21ClFN. The third-order valence-electron chi connectivity index (χ3n) is 2.73. The minimum absolute atomic E-state index is 0. The summed E-state index contributed by atoms with van der Waals surface area (Å²) < 4.78 is 13.0. The Labute approximate surface area is 104 Å². The fraction of sp³-hybridized carbons (Fsp3) is 0.538. The number of rotatable bonds is 5. The Morgan fingerprint density at radius 2 is 2.00 bits per heavy atom. The number of unbranched alkanes of at least 4 members (excludes halogenated alkanes) is 2. The van der Waals surface area contributed by atoms with E-state index in [-0.39, 0.29) is 24.3 Å². The molecule has 0 aliphatic carbocycles. The fourth-order valence-electron chi connectivity index (χ4n) is 1.68. The van der Waals surface area contributed by atoms with E-state index in [4.69, 9.17) is 5.73 Å². The van der Waals surface area contributed by atoms with E-state index >= 15 is 0 Å². The van der Waals surface area contributed by atoms with Gasteiger partial charge < -0.3 is 5.73 Å². The van der Waals surface area contributed by atoms with E-state index in [0.29, 0.717) is 5.56 Å². The molecule has 0 unspecified atom stereocenters. The van der Waals surface area contributed by atoms with Crippen LogP contribution in [-0.2, 0) is 0 Å². The normalized spacial score (nSPS) is 12.0. The summed E-state index contributed by atoms with van der Waals surface area (Å²) in [7, 11) is 0. The van der Waals surface area contributed by atoms with E-state index in [9.17, 15) is 4.39 Å². The fourth-order valence-corrected chi connectivity index (χ4v) is 1.68. The van der Waals surface area contributed by atoms with Gasteiger partial charge in [-0.15, -0.1) is 12.4 Å². The van der Waals surface area contributed by atoms with Crippen LogP contribution >= 0.6 is 12.4 Å². The molecule has 1 rings (SSSR count). The van der Waals surface area contributed by atoms with Crippen molar-refractivity contribution in [3.8, 4) is 0 Å². The van der Waals surface area contributed by atoms with Crippen LogP contribution in [0.3, 0.4) is 0 Å². The zero-order chi connectivity index (χ0) is 11.3. The minimum Gasteiger partial charge on any atom is -0.324 e. The van der Waals surface area contributed by atoms with Gasteiger partial charge in [0.2, 0.25) is 0 Å². The number of benzene rings is 1. The third-order valence-corrected chi connectivity index (χ3v) is 2.73. The predicted molar refractivity (Wildman–Crippen MR) is 69.5 cm³/mol. The lowest BCUT2D eigenvalue weighted by Crippen LogP contribution is -2.10. The zero-order valence-corrected chi connectivity index (χ0v) is 10.8. The molecule has 0 fully saturated rings. The smallest absolute Gasteiger partial charge is 0.126 e. The van der Waals surface area contributed by atoms with Crippen molar-refractivity contribution in [2.75, 3.05) is 0 Å². The second-order valence-electron chi connectivity index (χ2n) is 4.11. The highest BCUT2D eigenvalue weighted by Crippen LogP contribution is 2.19. The quantitative estimate of drug-likeness (QED) is 0.776. The average molecular weight is 246 g/mol. The Hall–Kier alpha value is -0.600. The summed E-state index contributed by atoms with van der Waals surface area (Å²) in [5.41, 5.74) is 7.76. The summed E-state index contributed by atoms with van der Waals surface area (Å²) >= 11 is 0. The maximum Gasteiger partial charge on any atom is 0.126 e. The summed E-state index contributed by atoms with van der Waals surface area (Å²) in [4.78, 5) is 0. The van der Waals surface area contributed by atoms with Crippen LogP contribution in [0.5, 0.6) is 0 Å². The van der Waals surface area contributed by atoms with Crippen molar-refractivity contribution in [3.63, 3.8) is 0 Å². The summed E-state index contributed by atoms with van der Waals surface area (Å²) in [5, 5.41) is 0. The van der Waals surface area contributed by atoms with Gasteiger partial charge in [0.15, 0.2) is 0 Å². The first-order valence-electron chi connectivity index (χ1n) is 5.66. The maximum atomic E-state index is 13.0. The lowest BCUT2D eigenvalue weighted by molar-refractivity contribution is 0.576. The summed E-state index contributed by atoms with van der Waals surface area (Å²) in [5.74, 6) is -0.153. The summed E-state index contributed by atoms with van der Waals surface area (Å²) in [6.45, 7) is 3.95. The molecule has 1 atom stereocenters. The Kier molecular flexibility index (Phi) is 7.35. The van der Waals surface area contributed by atoms with Gasteiger partial charge in [-0.25, -0.2) is 4.39 Å². The SMILES string of the molecule is CCCCC[C@@H](N)c1ccc(F)c(C)c1.Cl. The lowest BCUT2D eigenvalue weighted by Gasteiger charge is -2.12. The molecule has 0 bridgehead atoms. The van der Waals surface area contributed by atoms with Crippen molar-refractivity contribution >= 4 is 12.4 Å². The molecular weight excluding hydrogens is 225 g/mol. The molecule has 3 heteroatoms. The van der Waals surface area contributed by atoms with Crippen molar-refractivity contribution in [1.29, 1.82) is 0 Å². The molecule has 0 aliphatic rings. The standard InChI is InChI=1S/C13H20FN.ClH/c1-3-4-5-6-13(15)11-7-8-12(14)10(2)9-11;/h7-9,13H,3-6,15H2,1-2H3;1H/t13-;/m1./s1. The van der Waals surface area contributed by atoms with E-state index in [2.05, 4.69) is 6.92 Å². The van der Waals surface area contributed by atoms with Gasteiger partial charge in [0.1, 0.15) is 5.82 Å². The Balaban J connectivity index is 0.00000225. The highest BCUT2D eigenvalue weighted by Gasteiger charge is 2.07. The van der Waals surface area contributed by atoms with Crippen molar-refractivity contribution in [1.82, 2.24) is 0 Å². The summed E-state index contributed by atoms with van der Waals surface area (Å²) in [6, 6.07) is 5.20. The van der Waals surface area contributed by atoms with Crippen LogP contribution in [0.25, 0.3) is 0 Å². The van der Waals surface area contributed by atoms with Crippen molar-refractivity contribution < 1.29 is 4.39 Å². The average Bonchev–Trinajstić information content (AvgIpc) is 2.22. The molecule has 0 amide bonds. The zero-order valence-electron chi connectivity index (χ0n) is 10.0. The lowest BCUT2D eigenvalue weighted by atomic mass is 10.00. The highest BCUT2D eigenvalue weighted by atomic mass is 35.5. The monoisotopic (exact) mass is 245 g/mol. The molecule has 92 valence electrons. The van der Waals surface area contributed by atoms with Crippen molar-refractivity contribution in [3.05, 3.63) is 35.1 Å². The molecule has 0 spiro atoms. The van der Waals surface area contributed by atoms with Gasteiger partial charge in [-0.05, 0) is 30.5 Å².